The average Bonchev–Trinajstić information content (AvgIpc) is 3.37. The highest BCUT2D eigenvalue weighted by molar-refractivity contribution is 6.07. The van der Waals surface area contributed by atoms with Gasteiger partial charge in [-0.3, -0.25) is 14.4 Å². The lowest BCUT2D eigenvalue weighted by Crippen LogP contribution is -2.38. The molecular weight excluding hydrogens is 574 g/mol. The fourth-order valence-electron chi connectivity index (χ4n) is 4.51. The molecule has 46 heavy (non-hydrogen) atoms. The second-order valence-electron chi connectivity index (χ2n) is 11.2. The van der Waals surface area contributed by atoms with E-state index in [1.807, 2.05) is 48.4 Å². The maximum absolute atomic E-state index is 12.6. The Kier molecular flexibility index (Phi) is 19.1. The van der Waals surface area contributed by atoms with Gasteiger partial charge in [0.25, 0.3) is 5.91 Å². The van der Waals surface area contributed by atoms with Crippen molar-refractivity contribution in [3.63, 3.8) is 0 Å². The Morgan fingerprint density at radius 2 is 1.26 bits per heavy atom. The second kappa shape index (κ2) is 23.2. The summed E-state index contributed by atoms with van der Waals surface area (Å²) < 4.78 is 5.78. The summed E-state index contributed by atoms with van der Waals surface area (Å²) in [6.45, 7) is 6.00. The van der Waals surface area contributed by atoms with Gasteiger partial charge in [0.1, 0.15) is 0 Å². The number of carbonyl (C=O) groups excluding carboxylic acids is 3. The Morgan fingerprint density at radius 1 is 0.761 bits per heavy atom. The van der Waals surface area contributed by atoms with E-state index in [0.717, 1.165) is 38.5 Å². The largest absolute Gasteiger partial charge is 0.469 e. The van der Waals surface area contributed by atoms with Gasteiger partial charge in [-0.05, 0) is 58.9 Å². The first-order valence-corrected chi connectivity index (χ1v) is 16.5. The van der Waals surface area contributed by atoms with Crippen LogP contribution in [0.5, 0.6) is 0 Å². The van der Waals surface area contributed by atoms with Gasteiger partial charge in [0.2, 0.25) is 11.7 Å². The number of nitrogens with one attached hydrogen (secondary N) is 2. The van der Waals surface area contributed by atoms with Gasteiger partial charge < -0.3 is 20.3 Å². The second-order valence-corrected chi connectivity index (χ2v) is 11.2. The molecule has 0 bridgehead atoms. The summed E-state index contributed by atoms with van der Waals surface area (Å²) in [6, 6.07) is 9.15. The van der Waals surface area contributed by atoms with Gasteiger partial charge in [-0.15, -0.1) is 0 Å². The van der Waals surface area contributed by atoms with Crippen molar-refractivity contribution in [2.45, 2.75) is 70.8 Å². The number of allylic oxidation sites excluding steroid dienone is 12. The smallest absolute Gasteiger partial charge is 0.286 e. The molecule has 0 spiro atoms. The Balaban J connectivity index is 1.46. The molecule has 1 aliphatic heterocycles. The van der Waals surface area contributed by atoms with Gasteiger partial charge in [-0.2, -0.15) is 0 Å². The van der Waals surface area contributed by atoms with Crippen LogP contribution < -0.4 is 10.6 Å². The third-order valence-corrected chi connectivity index (χ3v) is 7.32. The van der Waals surface area contributed by atoms with E-state index in [1.54, 1.807) is 6.92 Å². The van der Waals surface area contributed by atoms with E-state index in [1.165, 1.54) is 6.08 Å². The third-order valence-electron chi connectivity index (χ3n) is 7.32. The van der Waals surface area contributed by atoms with E-state index in [9.17, 15) is 14.4 Å². The maximum atomic E-state index is 12.6. The molecule has 0 fully saturated rings. The number of benzene rings is 1. The predicted octanol–water partition coefficient (Wildman–Crippen LogP) is 7.03. The third kappa shape index (κ3) is 15.7. The van der Waals surface area contributed by atoms with Crippen molar-refractivity contribution in [2.75, 3.05) is 33.2 Å². The van der Waals surface area contributed by atoms with Crippen molar-refractivity contribution >= 4 is 17.6 Å². The number of amides is 2. The average molecular weight is 628 g/mol. The minimum Gasteiger partial charge on any atom is -0.469 e. The topological polar surface area (TPSA) is 87.7 Å². The highest BCUT2D eigenvalue weighted by atomic mass is 16.5. The van der Waals surface area contributed by atoms with Gasteiger partial charge in [0.05, 0.1) is 0 Å². The minimum atomic E-state index is -1.19. The number of likely N-dealkylation sites (N-methyl/N-ethyl adjacent to an activating group) is 1. The van der Waals surface area contributed by atoms with Crippen LogP contribution >= 0.6 is 0 Å². The number of hydrogen-bond acceptors (Lipinski definition) is 5. The van der Waals surface area contributed by atoms with Gasteiger partial charge in [0, 0.05) is 44.2 Å². The van der Waals surface area contributed by atoms with E-state index in [-0.39, 0.29) is 17.4 Å². The van der Waals surface area contributed by atoms with E-state index in [2.05, 4.69) is 84.4 Å². The van der Waals surface area contributed by atoms with E-state index < -0.39 is 11.5 Å². The lowest BCUT2D eigenvalue weighted by Gasteiger charge is -2.24. The summed E-state index contributed by atoms with van der Waals surface area (Å²) in [7, 11) is 1.93. The molecule has 2 amide bonds. The first-order chi connectivity index (χ1) is 22.4. The van der Waals surface area contributed by atoms with E-state index >= 15 is 0 Å². The molecule has 0 aliphatic carbocycles. The molecule has 0 saturated heterocycles. The molecule has 1 unspecified atom stereocenters. The van der Waals surface area contributed by atoms with Crippen molar-refractivity contribution in [3.05, 3.63) is 121 Å². The Morgan fingerprint density at radius 3 is 1.80 bits per heavy atom. The SMILES string of the molecule is CC/C=C\C/C=C\C/C=C\C/C=C\C/C=C\C/C=C\CCC(=O)NCCN(C)CCNC(=O)C1=CC(=O)C(C)(c2ccccc2)O1. The highest BCUT2D eigenvalue weighted by Gasteiger charge is 2.43. The number of rotatable bonds is 22. The summed E-state index contributed by atoms with van der Waals surface area (Å²) in [4.78, 5) is 39.3. The first kappa shape index (κ1) is 38.0. The van der Waals surface area contributed by atoms with Crippen LogP contribution in [0, 0.1) is 0 Å². The Labute approximate surface area is 276 Å². The van der Waals surface area contributed by atoms with Crippen molar-refractivity contribution in [3.8, 4) is 0 Å². The summed E-state index contributed by atoms with van der Waals surface area (Å²) >= 11 is 0. The van der Waals surface area contributed by atoms with E-state index in [4.69, 9.17) is 4.74 Å². The van der Waals surface area contributed by atoms with Crippen molar-refractivity contribution in [1.29, 1.82) is 0 Å². The molecule has 7 heteroatoms. The lowest BCUT2D eigenvalue weighted by atomic mass is 9.92. The standard InChI is InChI=1S/C39H53N3O4/c1-4-5-6-7-8-9-10-11-12-13-14-15-16-17-18-19-20-21-25-28-37(44)40-29-31-42(3)32-30-41-38(45)35-33-36(43)39(2,46-35)34-26-23-22-24-27-34/h5-6,8-9,11-12,14-15,17-18,20-24,26-27,33H,4,7,10,13,16,19,25,28-32H2,1-3H3,(H,40,44)(H,41,45)/b6-5-,9-8-,12-11-,15-14-,18-17-,21-20-. The molecule has 1 aromatic rings. The number of nitrogens with zero attached hydrogens (tertiary/aromatic N) is 1. The molecule has 248 valence electrons. The summed E-state index contributed by atoms with van der Waals surface area (Å²) in [5.74, 6) is -0.613. The molecule has 1 aliphatic rings. The molecular formula is C39H53N3O4. The maximum Gasteiger partial charge on any atom is 0.286 e. The Bertz CT molecular complexity index is 1270. The molecule has 1 aromatic carbocycles. The van der Waals surface area contributed by atoms with Crippen LogP contribution in [0.15, 0.2) is 115 Å². The number of carbonyl (C=O) groups is 3. The van der Waals surface area contributed by atoms with Crippen LogP contribution in [0.3, 0.4) is 0 Å². The normalized spacial score (nSPS) is 17.0. The number of hydrogen-bond donors (Lipinski definition) is 2. The summed E-state index contributed by atoms with van der Waals surface area (Å²) in [5, 5.41) is 5.75. The zero-order valence-electron chi connectivity index (χ0n) is 28.0. The Hall–Kier alpha value is -4.23. The molecule has 2 N–H and O–H groups in total. The molecule has 1 heterocycles. The summed E-state index contributed by atoms with van der Waals surface area (Å²) in [5.41, 5.74) is -0.479. The van der Waals surface area contributed by atoms with Gasteiger partial charge >= 0.3 is 0 Å². The van der Waals surface area contributed by atoms with Gasteiger partial charge in [-0.1, -0.05) is 110 Å². The van der Waals surface area contributed by atoms with Crippen LogP contribution in [0.4, 0.5) is 0 Å². The molecule has 7 nitrogen and oxygen atoms in total. The molecule has 0 aromatic heterocycles. The van der Waals surface area contributed by atoms with Crippen LogP contribution in [0.1, 0.15) is 70.8 Å². The molecule has 2 rings (SSSR count). The quantitative estimate of drug-likeness (QED) is 0.135. The summed E-state index contributed by atoms with van der Waals surface area (Å²) in [6.07, 6.45) is 34.3. The monoisotopic (exact) mass is 627 g/mol. The molecule has 1 atom stereocenters. The van der Waals surface area contributed by atoms with Crippen LogP contribution in [-0.2, 0) is 24.7 Å². The minimum absolute atomic E-state index is 0.0256. The van der Waals surface area contributed by atoms with Crippen molar-refractivity contribution in [2.24, 2.45) is 0 Å². The van der Waals surface area contributed by atoms with Crippen LogP contribution in [-0.4, -0.2) is 55.7 Å². The zero-order chi connectivity index (χ0) is 33.3. The predicted molar refractivity (Wildman–Crippen MR) is 189 cm³/mol. The number of ether oxygens (including phenoxy) is 1. The fourth-order valence-corrected chi connectivity index (χ4v) is 4.51. The fraction of sp³-hybridized carbons (Fsp3) is 0.410. The van der Waals surface area contributed by atoms with Gasteiger partial charge in [0.15, 0.2) is 11.4 Å². The lowest BCUT2D eigenvalue weighted by molar-refractivity contribution is -0.132. The van der Waals surface area contributed by atoms with Crippen molar-refractivity contribution in [1.82, 2.24) is 15.5 Å². The van der Waals surface area contributed by atoms with Gasteiger partial charge in [-0.25, -0.2) is 0 Å². The van der Waals surface area contributed by atoms with Crippen LogP contribution in [0.2, 0.25) is 0 Å². The van der Waals surface area contributed by atoms with Crippen molar-refractivity contribution < 1.29 is 19.1 Å². The molecule has 0 saturated carbocycles. The van der Waals surface area contributed by atoms with E-state index in [0.29, 0.717) is 44.6 Å². The zero-order valence-corrected chi connectivity index (χ0v) is 28.0. The first-order valence-electron chi connectivity index (χ1n) is 16.5. The van der Waals surface area contributed by atoms with Crippen LogP contribution in [0.25, 0.3) is 0 Å². The number of ketones is 1. The highest BCUT2D eigenvalue weighted by Crippen LogP contribution is 2.34. The molecule has 0 radical (unpaired) electrons.